The molecule has 1 N–H and O–H groups in total. The number of ether oxygens (including phenoxy) is 2. The van der Waals surface area contributed by atoms with Crippen molar-refractivity contribution >= 4 is 62.8 Å². The fourth-order valence-electron chi connectivity index (χ4n) is 4.35. The van der Waals surface area contributed by atoms with Crippen LogP contribution in [0.15, 0.2) is 76.8 Å². The van der Waals surface area contributed by atoms with Gasteiger partial charge in [0.25, 0.3) is 11.6 Å². The summed E-state index contributed by atoms with van der Waals surface area (Å²) in [5, 5.41) is 12.9. The Morgan fingerprint density at radius 2 is 2.00 bits per heavy atom. The number of amides is 1. The van der Waals surface area contributed by atoms with Gasteiger partial charge in [-0.15, -0.1) is 6.42 Å². The van der Waals surface area contributed by atoms with Crippen LogP contribution in [0, 0.1) is 22.5 Å². The summed E-state index contributed by atoms with van der Waals surface area (Å²) in [6.45, 7) is 0.401. The molecule has 1 saturated heterocycles. The number of benzene rings is 3. The van der Waals surface area contributed by atoms with E-state index < -0.39 is 4.92 Å². The molecule has 0 unspecified atom stereocenters. The third-order valence-electron chi connectivity index (χ3n) is 6.30. The fourth-order valence-corrected chi connectivity index (χ4v) is 5.65. The fraction of sp³-hybridized carbons (Fsp3) is 0.133. The molecule has 1 fully saturated rings. The smallest absolute Gasteiger partial charge is 0.269 e. The summed E-state index contributed by atoms with van der Waals surface area (Å²) < 4.78 is 11.0. The number of rotatable bonds is 9. The number of carbonyl (C=O) groups is 1. The lowest BCUT2D eigenvalue weighted by atomic mass is 10.1. The normalized spacial score (nSPS) is 15.0. The van der Waals surface area contributed by atoms with Gasteiger partial charge in [-0.3, -0.25) is 19.8 Å². The van der Waals surface area contributed by atoms with Gasteiger partial charge in [-0.25, -0.2) is 4.99 Å². The van der Waals surface area contributed by atoms with Crippen LogP contribution >= 0.6 is 23.4 Å². The lowest BCUT2D eigenvalue weighted by molar-refractivity contribution is -0.384. The number of amidine groups is 1. The number of carbonyl (C=O) groups excluding carboxylic acids is 1. The third kappa shape index (κ3) is 6.06. The first-order valence-corrected chi connectivity index (χ1v) is 13.6. The van der Waals surface area contributed by atoms with Crippen LogP contribution in [0.25, 0.3) is 17.0 Å². The third-order valence-corrected chi connectivity index (χ3v) is 7.59. The Morgan fingerprint density at radius 3 is 2.73 bits per heavy atom. The highest BCUT2D eigenvalue weighted by atomic mass is 35.5. The van der Waals surface area contributed by atoms with Crippen LogP contribution in [0.2, 0.25) is 5.02 Å². The highest BCUT2D eigenvalue weighted by Gasteiger charge is 2.33. The number of aromatic amines is 1. The van der Waals surface area contributed by atoms with Crippen molar-refractivity contribution in [3.8, 4) is 23.8 Å². The van der Waals surface area contributed by atoms with Crippen LogP contribution in [0.5, 0.6) is 11.5 Å². The Hall–Kier alpha value is -4.72. The Balaban J connectivity index is 1.47. The molecule has 1 aliphatic rings. The Kier molecular flexibility index (Phi) is 8.29. The van der Waals surface area contributed by atoms with E-state index >= 15 is 0 Å². The monoisotopic (exact) mass is 586 g/mol. The van der Waals surface area contributed by atoms with E-state index in [1.807, 2.05) is 30.5 Å². The van der Waals surface area contributed by atoms with E-state index in [1.54, 1.807) is 35.2 Å². The van der Waals surface area contributed by atoms with E-state index in [4.69, 9.17) is 27.5 Å². The number of halogens is 1. The van der Waals surface area contributed by atoms with Crippen LogP contribution in [-0.4, -0.2) is 46.1 Å². The minimum absolute atomic E-state index is 0.0265. The molecule has 9 nitrogen and oxygen atoms in total. The van der Waals surface area contributed by atoms with Crippen molar-refractivity contribution < 1.29 is 19.2 Å². The second kappa shape index (κ2) is 12.2. The van der Waals surface area contributed by atoms with Crippen molar-refractivity contribution in [2.75, 3.05) is 20.3 Å². The molecule has 2 heterocycles. The highest BCUT2D eigenvalue weighted by Crippen LogP contribution is 2.39. The Labute approximate surface area is 245 Å². The number of terminal acetylenes is 1. The maximum atomic E-state index is 13.7. The summed E-state index contributed by atoms with van der Waals surface area (Å²) in [5.74, 6) is 2.87. The van der Waals surface area contributed by atoms with Gasteiger partial charge in [0.05, 0.1) is 27.6 Å². The summed E-state index contributed by atoms with van der Waals surface area (Å²) in [4.78, 5) is 34.2. The van der Waals surface area contributed by atoms with Crippen LogP contribution < -0.4 is 9.47 Å². The van der Waals surface area contributed by atoms with Gasteiger partial charge in [0, 0.05) is 35.8 Å². The second-order valence-electron chi connectivity index (χ2n) is 8.87. The molecule has 5 rings (SSSR count). The van der Waals surface area contributed by atoms with E-state index in [2.05, 4.69) is 15.9 Å². The second-order valence-corrected chi connectivity index (χ2v) is 10.3. The summed E-state index contributed by atoms with van der Waals surface area (Å²) in [6.07, 6.45) is 9.54. The number of hydrogen-bond donors (Lipinski definition) is 1. The summed E-state index contributed by atoms with van der Waals surface area (Å²) in [5.41, 5.74) is 3.17. The van der Waals surface area contributed by atoms with Gasteiger partial charge in [0.1, 0.15) is 6.61 Å². The molecular weight excluding hydrogens is 564 g/mol. The lowest BCUT2D eigenvalue weighted by Gasteiger charge is -2.15. The molecule has 41 heavy (non-hydrogen) atoms. The van der Waals surface area contributed by atoms with E-state index in [0.717, 1.165) is 16.5 Å². The molecule has 0 radical (unpaired) electrons. The average Bonchev–Trinajstić information content (AvgIpc) is 3.51. The number of aliphatic imine (C=N–C) groups is 1. The number of nitrogens with zero attached hydrogens (tertiary/aromatic N) is 3. The number of H-pyrrole nitrogens is 1. The quantitative estimate of drug-likeness (QED) is 0.102. The van der Waals surface area contributed by atoms with Crippen LogP contribution in [-0.2, 0) is 11.2 Å². The van der Waals surface area contributed by atoms with Gasteiger partial charge in [-0.05, 0) is 65.7 Å². The zero-order chi connectivity index (χ0) is 28.9. The first-order valence-electron chi connectivity index (χ1n) is 12.4. The van der Waals surface area contributed by atoms with Crippen molar-refractivity contribution in [1.82, 2.24) is 9.88 Å². The summed E-state index contributed by atoms with van der Waals surface area (Å²) in [7, 11) is 1.49. The molecule has 206 valence electrons. The Morgan fingerprint density at radius 1 is 1.22 bits per heavy atom. The van der Waals surface area contributed by atoms with Crippen molar-refractivity contribution in [3.05, 3.63) is 98.0 Å². The molecule has 4 aromatic rings. The predicted molar refractivity (Wildman–Crippen MR) is 162 cm³/mol. The molecule has 0 bridgehead atoms. The van der Waals surface area contributed by atoms with Crippen molar-refractivity contribution in [1.29, 1.82) is 0 Å². The van der Waals surface area contributed by atoms with Crippen LogP contribution in [0.1, 0.15) is 11.1 Å². The number of non-ortho nitro benzene ring substituents is 1. The van der Waals surface area contributed by atoms with Gasteiger partial charge in [-0.2, -0.15) is 0 Å². The first-order chi connectivity index (χ1) is 19.9. The van der Waals surface area contributed by atoms with Crippen LogP contribution in [0.3, 0.4) is 0 Å². The molecule has 1 aliphatic heterocycles. The van der Waals surface area contributed by atoms with E-state index in [0.29, 0.717) is 45.8 Å². The molecule has 0 aliphatic carbocycles. The van der Waals surface area contributed by atoms with E-state index in [1.165, 1.54) is 31.0 Å². The van der Waals surface area contributed by atoms with Gasteiger partial charge in [-0.1, -0.05) is 35.7 Å². The van der Waals surface area contributed by atoms with Gasteiger partial charge < -0.3 is 14.5 Å². The molecule has 11 heteroatoms. The average molecular weight is 587 g/mol. The summed E-state index contributed by atoms with van der Waals surface area (Å²) in [6, 6.07) is 17.2. The van der Waals surface area contributed by atoms with Crippen LogP contribution in [0.4, 0.5) is 11.4 Å². The maximum absolute atomic E-state index is 13.7. The highest BCUT2D eigenvalue weighted by molar-refractivity contribution is 8.18. The van der Waals surface area contributed by atoms with E-state index in [9.17, 15) is 14.9 Å². The summed E-state index contributed by atoms with van der Waals surface area (Å²) >= 11 is 7.65. The minimum Gasteiger partial charge on any atom is -0.493 e. The maximum Gasteiger partial charge on any atom is 0.269 e. The largest absolute Gasteiger partial charge is 0.493 e. The lowest BCUT2D eigenvalue weighted by Crippen LogP contribution is -2.31. The van der Waals surface area contributed by atoms with Gasteiger partial charge in [0.15, 0.2) is 16.7 Å². The number of aromatic nitrogens is 1. The first kappa shape index (κ1) is 27.8. The molecule has 1 amide bonds. The standard InChI is InChI=1S/C30H23ClN4O5S/c1-3-14-40-28-24(31)15-19(16-26(28)39-2)17-27-29(36)34(13-12-20-18-32-25-7-5-4-6-23(20)25)30(41-27)33-21-8-10-22(11-9-21)35(37)38/h1,4-11,15-18,32H,12-14H2,2H3/b27-17-,33-30?. The number of nitro benzene ring substituents is 1. The number of thioether (sulfide) groups is 1. The number of methoxy groups -OCH3 is 1. The van der Waals surface area contributed by atoms with E-state index in [-0.39, 0.29) is 23.2 Å². The van der Waals surface area contributed by atoms with Crippen molar-refractivity contribution in [2.45, 2.75) is 6.42 Å². The molecular formula is C30H23ClN4O5S. The topological polar surface area (TPSA) is 110 Å². The number of hydrogen-bond acceptors (Lipinski definition) is 7. The molecule has 1 aromatic heterocycles. The number of para-hydroxylation sites is 1. The number of nitro groups is 1. The van der Waals surface area contributed by atoms with Crippen molar-refractivity contribution in [2.24, 2.45) is 4.99 Å². The van der Waals surface area contributed by atoms with Gasteiger partial charge >= 0.3 is 0 Å². The molecule has 0 saturated carbocycles. The zero-order valence-corrected chi connectivity index (χ0v) is 23.4. The van der Waals surface area contributed by atoms with Crippen molar-refractivity contribution in [3.63, 3.8) is 0 Å². The number of nitrogens with one attached hydrogen (secondary N) is 1. The SMILES string of the molecule is C#CCOc1c(Cl)cc(/C=C2\SC(=Nc3ccc([N+](=O)[O-])cc3)N(CCc3c[nH]c4ccccc34)C2=O)cc1OC. The number of fused-ring (bicyclic) bond motifs is 1. The Bertz CT molecular complexity index is 1740. The molecule has 3 aromatic carbocycles. The predicted octanol–water partition coefficient (Wildman–Crippen LogP) is 6.60. The zero-order valence-electron chi connectivity index (χ0n) is 21.8. The van der Waals surface area contributed by atoms with Gasteiger partial charge in [0.2, 0.25) is 0 Å². The molecule has 0 atom stereocenters. The molecule has 0 spiro atoms. The minimum atomic E-state index is -0.471.